The summed E-state index contributed by atoms with van der Waals surface area (Å²) in [5.41, 5.74) is -0.00975. The van der Waals surface area contributed by atoms with Gasteiger partial charge in [0, 0.05) is 12.1 Å². The molecule has 0 radical (unpaired) electrons. The van der Waals surface area contributed by atoms with Crippen molar-refractivity contribution in [2.24, 2.45) is 17.8 Å². The molecule has 4 atom stereocenters. The Hall–Kier alpha value is -2.63. The van der Waals surface area contributed by atoms with Crippen LogP contribution in [-0.4, -0.2) is 24.5 Å². The number of rotatable bonds is 5. The van der Waals surface area contributed by atoms with Crippen LogP contribution in [0.15, 0.2) is 39.5 Å². The predicted molar refractivity (Wildman–Crippen MR) is 99.3 cm³/mol. The summed E-state index contributed by atoms with van der Waals surface area (Å²) in [6.07, 6.45) is 5.02. The first-order chi connectivity index (χ1) is 13.0. The molecule has 2 bridgehead atoms. The molecular formula is C21H23NO5. The van der Waals surface area contributed by atoms with Crippen molar-refractivity contribution in [1.29, 1.82) is 0 Å². The normalized spacial score (nSPS) is 24.7. The van der Waals surface area contributed by atoms with Crippen LogP contribution in [0.2, 0.25) is 0 Å². The van der Waals surface area contributed by atoms with Crippen LogP contribution in [0.3, 0.4) is 0 Å². The average Bonchev–Trinajstić information content (AvgIpc) is 3.29. The number of ether oxygens (including phenoxy) is 1. The fourth-order valence-corrected chi connectivity index (χ4v) is 4.72. The fraction of sp³-hybridized carbons (Fsp3) is 0.476. The number of esters is 1. The van der Waals surface area contributed by atoms with Gasteiger partial charge in [0.25, 0.3) is 5.91 Å². The van der Waals surface area contributed by atoms with E-state index in [4.69, 9.17) is 9.15 Å². The number of benzene rings is 1. The minimum atomic E-state index is -0.819. The first kappa shape index (κ1) is 17.8. The van der Waals surface area contributed by atoms with Gasteiger partial charge in [0.15, 0.2) is 12.0 Å². The second kappa shape index (κ2) is 7.18. The quantitative estimate of drug-likeness (QED) is 0.819. The Morgan fingerprint density at radius 1 is 1.26 bits per heavy atom. The van der Waals surface area contributed by atoms with Crippen molar-refractivity contribution >= 4 is 22.8 Å². The highest BCUT2D eigenvalue weighted by Gasteiger charge is 2.42. The molecule has 0 unspecified atom stereocenters. The molecule has 1 aromatic carbocycles. The molecule has 1 amide bonds. The van der Waals surface area contributed by atoms with Crippen molar-refractivity contribution in [2.75, 3.05) is 6.61 Å². The zero-order chi connectivity index (χ0) is 19.0. The smallest absolute Gasteiger partial charge is 0.374 e. The van der Waals surface area contributed by atoms with Crippen LogP contribution in [0.4, 0.5) is 0 Å². The number of para-hydroxylation sites is 1. The zero-order valence-corrected chi connectivity index (χ0v) is 15.3. The molecule has 6 heteroatoms. The van der Waals surface area contributed by atoms with E-state index in [9.17, 15) is 14.4 Å². The highest BCUT2D eigenvalue weighted by atomic mass is 16.5. The van der Waals surface area contributed by atoms with Gasteiger partial charge in [-0.25, -0.2) is 4.79 Å². The van der Waals surface area contributed by atoms with Crippen LogP contribution >= 0.6 is 0 Å². The van der Waals surface area contributed by atoms with E-state index < -0.39 is 5.97 Å². The van der Waals surface area contributed by atoms with Gasteiger partial charge in [-0.2, -0.15) is 0 Å². The Bertz CT molecular complexity index is 934. The first-order valence-electron chi connectivity index (χ1n) is 9.50. The molecule has 0 spiro atoms. The molecule has 1 heterocycles. The summed E-state index contributed by atoms with van der Waals surface area (Å²) in [5, 5.41) is 3.34. The van der Waals surface area contributed by atoms with Gasteiger partial charge in [0.05, 0.1) is 5.39 Å². The maximum absolute atomic E-state index is 12.2. The van der Waals surface area contributed by atoms with Crippen LogP contribution in [0.25, 0.3) is 11.0 Å². The third kappa shape index (κ3) is 3.61. The molecule has 1 aromatic heterocycles. The highest BCUT2D eigenvalue weighted by Crippen LogP contribution is 2.49. The minimum absolute atomic E-state index is 0.0742. The van der Waals surface area contributed by atoms with Gasteiger partial charge in [-0.3, -0.25) is 9.59 Å². The first-order valence-corrected chi connectivity index (χ1v) is 9.50. The maximum Gasteiger partial charge on any atom is 0.374 e. The number of carbonyl (C=O) groups excluding carboxylic acids is 2. The minimum Gasteiger partial charge on any atom is -0.450 e. The van der Waals surface area contributed by atoms with E-state index in [2.05, 4.69) is 5.32 Å². The molecule has 0 saturated heterocycles. The molecule has 6 nitrogen and oxygen atoms in total. The predicted octanol–water partition coefficient (Wildman–Crippen LogP) is 2.89. The third-order valence-corrected chi connectivity index (χ3v) is 5.99. The second-order valence-corrected chi connectivity index (χ2v) is 7.74. The molecule has 27 heavy (non-hydrogen) atoms. The van der Waals surface area contributed by atoms with Crippen molar-refractivity contribution in [2.45, 2.75) is 38.6 Å². The molecule has 2 saturated carbocycles. The summed E-state index contributed by atoms with van der Waals surface area (Å²) in [6, 6.07) is 7.84. The van der Waals surface area contributed by atoms with Gasteiger partial charge in [0.2, 0.25) is 5.76 Å². The lowest BCUT2D eigenvalue weighted by molar-refractivity contribution is -0.125. The molecule has 2 aliphatic rings. The zero-order valence-electron chi connectivity index (χ0n) is 15.3. The van der Waals surface area contributed by atoms with Crippen molar-refractivity contribution in [1.82, 2.24) is 5.32 Å². The van der Waals surface area contributed by atoms with Crippen molar-refractivity contribution in [3.05, 3.63) is 46.3 Å². The standard InChI is InChI=1S/C21H23NO5/c1-12(16-9-13-6-7-14(16)8-13)22-20(24)11-26-21(25)19-10-17(23)15-4-2-3-5-18(15)27-19/h2-5,10,12-14,16H,6-9,11H2,1H3,(H,22,24)/t12-,13-,14-,16-/m0/s1. The Kier molecular flexibility index (Phi) is 4.72. The monoisotopic (exact) mass is 369 g/mol. The van der Waals surface area contributed by atoms with E-state index in [1.807, 2.05) is 6.92 Å². The molecule has 4 rings (SSSR count). The summed E-state index contributed by atoms with van der Waals surface area (Å²) < 4.78 is 10.5. The third-order valence-electron chi connectivity index (χ3n) is 5.99. The lowest BCUT2D eigenvalue weighted by atomic mass is 9.84. The number of fused-ring (bicyclic) bond motifs is 3. The van der Waals surface area contributed by atoms with Gasteiger partial charge in [-0.15, -0.1) is 0 Å². The Morgan fingerprint density at radius 3 is 2.81 bits per heavy atom. The summed E-state index contributed by atoms with van der Waals surface area (Å²) in [7, 11) is 0. The lowest BCUT2D eigenvalue weighted by Crippen LogP contribution is -2.42. The van der Waals surface area contributed by atoms with Crippen LogP contribution in [0.5, 0.6) is 0 Å². The highest BCUT2D eigenvalue weighted by molar-refractivity contribution is 5.90. The van der Waals surface area contributed by atoms with Gasteiger partial charge < -0.3 is 14.5 Å². The van der Waals surface area contributed by atoms with E-state index in [1.54, 1.807) is 24.3 Å². The van der Waals surface area contributed by atoms with Crippen LogP contribution < -0.4 is 10.7 Å². The van der Waals surface area contributed by atoms with E-state index >= 15 is 0 Å². The number of hydrogen-bond donors (Lipinski definition) is 1. The molecule has 2 aliphatic carbocycles. The largest absolute Gasteiger partial charge is 0.450 e. The van der Waals surface area contributed by atoms with Gasteiger partial charge >= 0.3 is 5.97 Å². The van der Waals surface area contributed by atoms with Gasteiger partial charge in [-0.05, 0) is 56.1 Å². The number of nitrogens with one attached hydrogen (secondary N) is 1. The SMILES string of the molecule is C[C@H](NC(=O)COC(=O)c1cc(=O)c2ccccc2o1)[C@@H]1C[C@H]2CC[C@H]1C2. The van der Waals surface area contributed by atoms with Gasteiger partial charge in [0.1, 0.15) is 5.58 Å². The molecule has 142 valence electrons. The fourth-order valence-electron chi connectivity index (χ4n) is 4.72. The van der Waals surface area contributed by atoms with Crippen LogP contribution in [0.1, 0.15) is 43.2 Å². The average molecular weight is 369 g/mol. The van der Waals surface area contributed by atoms with E-state index in [1.165, 1.54) is 25.7 Å². The number of carbonyl (C=O) groups is 2. The Labute approximate surface area is 156 Å². The second-order valence-electron chi connectivity index (χ2n) is 7.74. The molecular weight excluding hydrogens is 346 g/mol. The van der Waals surface area contributed by atoms with Crippen LogP contribution in [0, 0.1) is 17.8 Å². The Morgan fingerprint density at radius 2 is 2.07 bits per heavy atom. The topological polar surface area (TPSA) is 85.6 Å². The summed E-state index contributed by atoms with van der Waals surface area (Å²) in [6.45, 7) is 1.63. The molecule has 1 N–H and O–H groups in total. The molecule has 2 aromatic rings. The molecule has 2 fully saturated rings. The summed E-state index contributed by atoms with van der Waals surface area (Å²) >= 11 is 0. The number of hydrogen-bond acceptors (Lipinski definition) is 5. The molecule has 0 aliphatic heterocycles. The van der Waals surface area contributed by atoms with Crippen molar-refractivity contribution in [3.8, 4) is 0 Å². The van der Waals surface area contributed by atoms with E-state index in [0.717, 1.165) is 12.0 Å². The lowest BCUT2D eigenvalue weighted by Gasteiger charge is -2.28. The van der Waals surface area contributed by atoms with Gasteiger partial charge in [-0.1, -0.05) is 18.6 Å². The summed E-state index contributed by atoms with van der Waals surface area (Å²) in [4.78, 5) is 36.4. The van der Waals surface area contributed by atoms with Crippen molar-refractivity contribution < 1.29 is 18.7 Å². The van der Waals surface area contributed by atoms with E-state index in [0.29, 0.717) is 22.8 Å². The summed E-state index contributed by atoms with van der Waals surface area (Å²) in [5.74, 6) is 0.685. The number of amides is 1. The Balaban J connectivity index is 1.33. The maximum atomic E-state index is 12.2. The van der Waals surface area contributed by atoms with Crippen LogP contribution in [-0.2, 0) is 9.53 Å². The van der Waals surface area contributed by atoms with Crippen molar-refractivity contribution in [3.63, 3.8) is 0 Å². The van der Waals surface area contributed by atoms with E-state index in [-0.39, 0.29) is 29.7 Å².